The number of nitrogens with zero attached hydrogens (tertiary/aromatic N) is 2. The van der Waals surface area contributed by atoms with Gasteiger partial charge in [-0.3, -0.25) is 9.69 Å². The topological polar surface area (TPSA) is 69.2 Å². The maximum atomic E-state index is 11.1. The molecule has 1 aromatic heterocycles. The summed E-state index contributed by atoms with van der Waals surface area (Å²) in [7, 11) is 0. The van der Waals surface area contributed by atoms with Crippen LogP contribution < -0.4 is 0 Å². The third kappa shape index (κ3) is 2.41. The minimum atomic E-state index is -0.719. The lowest BCUT2D eigenvalue weighted by Gasteiger charge is -2.32. The number of carboxylic acid groups (broad SMARTS) is 1. The van der Waals surface area contributed by atoms with E-state index in [1.165, 1.54) is 0 Å². The van der Waals surface area contributed by atoms with Crippen molar-refractivity contribution in [2.24, 2.45) is 0 Å². The van der Waals surface area contributed by atoms with Gasteiger partial charge in [0.15, 0.2) is 0 Å². The molecule has 1 saturated heterocycles. The van der Waals surface area contributed by atoms with Crippen LogP contribution in [0.25, 0.3) is 0 Å². The monoisotopic (exact) mass is 223 g/mol. The van der Waals surface area contributed by atoms with Gasteiger partial charge in [-0.25, -0.2) is 4.98 Å². The normalized spacial score (nSPS) is 22.2. The molecule has 1 fully saturated rings. The molecule has 16 heavy (non-hydrogen) atoms. The smallest absolute Gasteiger partial charge is 0.320 e. The van der Waals surface area contributed by atoms with Crippen molar-refractivity contribution in [2.45, 2.75) is 38.8 Å². The summed E-state index contributed by atoms with van der Waals surface area (Å²) in [6, 6.07) is -0.348. The second kappa shape index (κ2) is 4.65. The van der Waals surface area contributed by atoms with E-state index in [9.17, 15) is 4.79 Å². The molecular weight excluding hydrogens is 206 g/mol. The first-order valence-corrected chi connectivity index (χ1v) is 5.64. The molecule has 0 bridgehead atoms. The highest BCUT2D eigenvalue weighted by Gasteiger charge is 2.28. The summed E-state index contributed by atoms with van der Waals surface area (Å²) in [6.45, 7) is 3.39. The summed E-state index contributed by atoms with van der Waals surface area (Å²) >= 11 is 0. The number of hydrogen-bond acceptors (Lipinski definition) is 3. The number of piperidine rings is 1. The van der Waals surface area contributed by atoms with Crippen LogP contribution in [0.5, 0.6) is 0 Å². The van der Waals surface area contributed by atoms with Crippen molar-refractivity contribution in [3.05, 3.63) is 17.7 Å². The standard InChI is InChI=1S/C11H17N3O2/c1-8-6-12-10(13-8)7-14-5-3-2-4-9(14)11(15)16/h6,9H,2-5,7H2,1H3,(H,12,13)(H,15,16)/t9-/m1/s1. The molecule has 0 radical (unpaired) electrons. The molecule has 1 aromatic rings. The van der Waals surface area contributed by atoms with E-state index in [4.69, 9.17) is 5.11 Å². The maximum absolute atomic E-state index is 11.1. The van der Waals surface area contributed by atoms with Crippen LogP contribution >= 0.6 is 0 Å². The highest BCUT2D eigenvalue weighted by atomic mass is 16.4. The van der Waals surface area contributed by atoms with Crippen LogP contribution in [0.3, 0.4) is 0 Å². The van der Waals surface area contributed by atoms with E-state index in [1.54, 1.807) is 6.20 Å². The molecule has 2 N–H and O–H groups in total. The first kappa shape index (κ1) is 11.1. The average Bonchev–Trinajstić information content (AvgIpc) is 2.64. The first-order chi connectivity index (χ1) is 7.66. The van der Waals surface area contributed by atoms with Gasteiger partial charge in [0.05, 0.1) is 6.54 Å². The Morgan fingerprint density at radius 2 is 2.50 bits per heavy atom. The summed E-state index contributed by atoms with van der Waals surface area (Å²) in [5.74, 6) is 0.133. The zero-order valence-corrected chi connectivity index (χ0v) is 9.44. The van der Waals surface area contributed by atoms with Gasteiger partial charge in [-0.1, -0.05) is 6.42 Å². The maximum Gasteiger partial charge on any atom is 0.320 e. The average molecular weight is 223 g/mol. The van der Waals surface area contributed by atoms with Crippen LogP contribution in [0, 0.1) is 6.92 Å². The molecule has 0 saturated carbocycles. The lowest BCUT2D eigenvalue weighted by molar-refractivity contribution is -0.144. The van der Waals surface area contributed by atoms with Gasteiger partial charge in [0.25, 0.3) is 0 Å². The summed E-state index contributed by atoms with van der Waals surface area (Å²) in [6.07, 6.45) is 4.60. The molecule has 5 nitrogen and oxygen atoms in total. The second-order valence-electron chi connectivity index (χ2n) is 4.33. The quantitative estimate of drug-likeness (QED) is 0.806. The van der Waals surface area contributed by atoms with Crippen molar-refractivity contribution in [1.29, 1.82) is 0 Å². The van der Waals surface area contributed by atoms with Gasteiger partial charge in [0, 0.05) is 11.9 Å². The number of carbonyl (C=O) groups is 1. The summed E-state index contributed by atoms with van der Waals surface area (Å²) < 4.78 is 0. The van der Waals surface area contributed by atoms with Crippen molar-refractivity contribution in [3.8, 4) is 0 Å². The number of imidazole rings is 1. The van der Waals surface area contributed by atoms with Crippen LogP contribution in [0.15, 0.2) is 6.20 Å². The lowest BCUT2D eigenvalue weighted by Crippen LogP contribution is -2.44. The number of carboxylic acids is 1. The third-order valence-electron chi connectivity index (χ3n) is 3.01. The Balaban J connectivity index is 2.03. The second-order valence-corrected chi connectivity index (χ2v) is 4.33. The van der Waals surface area contributed by atoms with E-state index in [1.807, 2.05) is 11.8 Å². The fraction of sp³-hybridized carbons (Fsp3) is 0.636. The lowest BCUT2D eigenvalue weighted by atomic mass is 10.0. The number of H-pyrrole nitrogens is 1. The zero-order chi connectivity index (χ0) is 11.5. The summed E-state index contributed by atoms with van der Waals surface area (Å²) in [4.78, 5) is 20.4. The van der Waals surface area contributed by atoms with Crippen molar-refractivity contribution < 1.29 is 9.90 Å². The number of aromatic amines is 1. The van der Waals surface area contributed by atoms with Gasteiger partial charge in [-0.2, -0.15) is 0 Å². The van der Waals surface area contributed by atoms with Gasteiger partial charge in [-0.15, -0.1) is 0 Å². The fourth-order valence-electron chi connectivity index (χ4n) is 2.20. The Hall–Kier alpha value is -1.36. The van der Waals surface area contributed by atoms with Crippen LogP contribution in [-0.2, 0) is 11.3 Å². The van der Waals surface area contributed by atoms with Crippen LogP contribution in [0.1, 0.15) is 30.8 Å². The van der Waals surface area contributed by atoms with E-state index in [-0.39, 0.29) is 6.04 Å². The number of aryl methyl sites for hydroxylation is 1. The molecule has 1 aliphatic rings. The number of likely N-dealkylation sites (tertiary alicyclic amines) is 1. The molecule has 88 valence electrons. The fourth-order valence-corrected chi connectivity index (χ4v) is 2.20. The van der Waals surface area contributed by atoms with E-state index in [2.05, 4.69) is 9.97 Å². The summed E-state index contributed by atoms with van der Waals surface area (Å²) in [5, 5.41) is 9.12. The Bertz CT molecular complexity index is 375. The highest BCUT2D eigenvalue weighted by Crippen LogP contribution is 2.18. The third-order valence-corrected chi connectivity index (χ3v) is 3.01. The van der Waals surface area contributed by atoms with Crippen molar-refractivity contribution in [3.63, 3.8) is 0 Å². The molecule has 1 aliphatic heterocycles. The minimum absolute atomic E-state index is 0.348. The van der Waals surface area contributed by atoms with E-state index in [0.29, 0.717) is 6.54 Å². The highest BCUT2D eigenvalue weighted by molar-refractivity contribution is 5.73. The van der Waals surface area contributed by atoms with Crippen LogP contribution in [0.4, 0.5) is 0 Å². The van der Waals surface area contributed by atoms with Crippen LogP contribution in [-0.4, -0.2) is 38.5 Å². The van der Waals surface area contributed by atoms with Crippen molar-refractivity contribution >= 4 is 5.97 Å². The number of rotatable bonds is 3. The molecule has 0 unspecified atom stereocenters. The Labute approximate surface area is 94.5 Å². The predicted octanol–water partition coefficient (Wildman–Crippen LogP) is 1.16. The molecular formula is C11H17N3O2. The van der Waals surface area contributed by atoms with Gasteiger partial charge >= 0.3 is 5.97 Å². The predicted molar refractivity (Wildman–Crippen MR) is 59.0 cm³/mol. The van der Waals surface area contributed by atoms with Crippen molar-refractivity contribution in [1.82, 2.24) is 14.9 Å². The number of hydrogen-bond donors (Lipinski definition) is 2. The SMILES string of the molecule is Cc1cnc(CN2CCCC[C@@H]2C(=O)O)[nH]1. The van der Waals surface area contributed by atoms with Crippen molar-refractivity contribution in [2.75, 3.05) is 6.54 Å². The van der Waals surface area contributed by atoms with Gasteiger partial charge in [0.1, 0.15) is 11.9 Å². The Morgan fingerprint density at radius 1 is 1.69 bits per heavy atom. The number of aromatic nitrogens is 2. The molecule has 0 aromatic carbocycles. The Kier molecular flexibility index (Phi) is 3.24. The number of nitrogens with one attached hydrogen (secondary N) is 1. The minimum Gasteiger partial charge on any atom is -0.480 e. The largest absolute Gasteiger partial charge is 0.480 e. The van der Waals surface area contributed by atoms with Gasteiger partial charge < -0.3 is 10.1 Å². The van der Waals surface area contributed by atoms with Crippen LogP contribution in [0.2, 0.25) is 0 Å². The number of aliphatic carboxylic acids is 1. The van der Waals surface area contributed by atoms with Gasteiger partial charge in [0.2, 0.25) is 0 Å². The molecule has 2 rings (SSSR count). The molecule has 2 heterocycles. The summed E-state index contributed by atoms with van der Waals surface area (Å²) in [5.41, 5.74) is 1.01. The molecule has 0 spiro atoms. The van der Waals surface area contributed by atoms with Gasteiger partial charge in [-0.05, 0) is 26.3 Å². The molecule has 0 aliphatic carbocycles. The first-order valence-electron chi connectivity index (χ1n) is 5.64. The van der Waals surface area contributed by atoms with E-state index < -0.39 is 5.97 Å². The van der Waals surface area contributed by atoms with E-state index in [0.717, 1.165) is 37.3 Å². The van der Waals surface area contributed by atoms with E-state index >= 15 is 0 Å². The molecule has 1 atom stereocenters. The zero-order valence-electron chi connectivity index (χ0n) is 9.44. The molecule has 5 heteroatoms. The Morgan fingerprint density at radius 3 is 3.12 bits per heavy atom. The molecule has 0 amide bonds.